The molecule has 0 aliphatic rings. The molecule has 0 aliphatic carbocycles. The van der Waals surface area contributed by atoms with E-state index in [0.717, 1.165) is 23.3 Å². The van der Waals surface area contributed by atoms with Gasteiger partial charge in [-0.2, -0.15) is 5.10 Å². The normalized spacial score (nSPS) is 10.7. The fourth-order valence-electron chi connectivity index (χ4n) is 2.54. The summed E-state index contributed by atoms with van der Waals surface area (Å²) in [4.78, 5) is 12.2. The maximum absolute atomic E-state index is 12.2. The smallest absolute Gasteiger partial charge is 0.271 e. The van der Waals surface area contributed by atoms with Gasteiger partial charge >= 0.3 is 0 Å². The highest BCUT2D eigenvalue weighted by molar-refractivity contribution is 5.95. The van der Waals surface area contributed by atoms with Crippen molar-refractivity contribution in [1.82, 2.24) is 5.43 Å². The molecule has 3 aromatic rings. The number of benzene rings is 3. The summed E-state index contributed by atoms with van der Waals surface area (Å²) in [6.45, 7) is 3.24. The summed E-state index contributed by atoms with van der Waals surface area (Å²) in [6, 6.07) is 24.4. The quantitative estimate of drug-likeness (QED) is 0.422. The fourth-order valence-corrected chi connectivity index (χ4v) is 2.54. The molecule has 1 amide bonds. The third-order valence-electron chi connectivity index (χ3n) is 4.10. The minimum absolute atomic E-state index is 0.279. The lowest BCUT2D eigenvalue weighted by atomic mass is 10.2. The van der Waals surface area contributed by atoms with Gasteiger partial charge in [-0.05, 0) is 66.1 Å². The number of hydrogen-bond donors (Lipinski definition) is 1. The van der Waals surface area contributed by atoms with Crippen LogP contribution >= 0.6 is 0 Å². The molecule has 5 nitrogen and oxygen atoms in total. The molecule has 0 unspecified atom stereocenters. The summed E-state index contributed by atoms with van der Waals surface area (Å²) < 4.78 is 11.3. The number of carbonyl (C=O) groups is 1. The topological polar surface area (TPSA) is 59.9 Å². The molecule has 0 saturated heterocycles. The molecule has 0 atom stereocenters. The van der Waals surface area contributed by atoms with Gasteiger partial charge < -0.3 is 9.47 Å². The zero-order valence-corrected chi connectivity index (χ0v) is 16.4. The van der Waals surface area contributed by atoms with E-state index in [9.17, 15) is 4.79 Å². The number of amides is 1. The summed E-state index contributed by atoms with van der Waals surface area (Å²) in [5, 5.41) is 4.01. The molecule has 3 rings (SSSR count). The van der Waals surface area contributed by atoms with Crippen molar-refractivity contribution in [1.29, 1.82) is 0 Å². The van der Waals surface area contributed by atoms with Gasteiger partial charge in [0, 0.05) is 5.56 Å². The van der Waals surface area contributed by atoms with Crippen molar-refractivity contribution in [3.63, 3.8) is 0 Å². The molecular formula is C24H24N2O3. The van der Waals surface area contributed by atoms with Crippen LogP contribution in [-0.4, -0.2) is 18.7 Å². The molecule has 0 aliphatic heterocycles. The van der Waals surface area contributed by atoms with Crippen molar-refractivity contribution in [2.45, 2.75) is 20.0 Å². The molecule has 0 heterocycles. The van der Waals surface area contributed by atoms with Crippen LogP contribution in [0, 0.1) is 0 Å². The highest BCUT2D eigenvalue weighted by atomic mass is 16.5. The molecule has 0 fully saturated rings. The first-order valence-electron chi connectivity index (χ1n) is 9.57. The molecule has 148 valence electrons. The van der Waals surface area contributed by atoms with Crippen LogP contribution < -0.4 is 14.9 Å². The number of hydrazone groups is 1. The predicted octanol–water partition coefficient (Wildman–Crippen LogP) is 4.82. The summed E-state index contributed by atoms with van der Waals surface area (Å²) in [5.41, 5.74) is 5.01. The van der Waals surface area contributed by atoms with Gasteiger partial charge in [-0.1, -0.05) is 37.3 Å². The Morgan fingerprint density at radius 3 is 2.24 bits per heavy atom. The first kappa shape index (κ1) is 20.1. The summed E-state index contributed by atoms with van der Waals surface area (Å²) in [5.74, 6) is 1.25. The van der Waals surface area contributed by atoms with E-state index in [2.05, 4.69) is 17.5 Å². The number of nitrogens with one attached hydrogen (secondary N) is 1. The van der Waals surface area contributed by atoms with E-state index in [4.69, 9.17) is 9.47 Å². The van der Waals surface area contributed by atoms with Crippen LogP contribution in [0.2, 0.25) is 0 Å². The lowest BCUT2D eigenvalue weighted by Gasteiger charge is -2.07. The van der Waals surface area contributed by atoms with Crippen molar-refractivity contribution >= 4 is 12.1 Å². The zero-order chi connectivity index (χ0) is 20.3. The van der Waals surface area contributed by atoms with Crippen LogP contribution in [0.3, 0.4) is 0 Å². The third-order valence-corrected chi connectivity index (χ3v) is 4.10. The second-order valence-electron chi connectivity index (χ2n) is 6.42. The Morgan fingerprint density at radius 1 is 0.897 bits per heavy atom. The highest BCUT2D eigenvalue weighted by Gasteiger charge is 2.04. The molecule has 1 N–H and O–H groups in total. The van der Waals surface area contributed by atoms with Crippen LogP contribution in [0.5, 0.6) is 11.5 Å². The van der Waals surface area contributed by atoms with Crippen LogP contribution in [-0.2, 0) is 6.61 Å². The van der Waals surface area contributed by atoms with Gasteiger partial charge in [0.05, 0.1) is 12.8 Å². The van der Waals surface area contributed by atoms with Gasteiger partial charge in [-0.15, -0.1) is 0 Å². The molecule has 3 aromatic carbocycles. The van der Waals surface area contributed by atoms with Crippen LogP contribution in [0.15, 0.2) is 84.0 Å². The Balaban J connectivity index is 1.48. The predicted molar refractivity (Wildman–Crippen MR) is 115 cm³/mol. The first-order chi connectivity index (χ1) is 14.2. The Hall–Kier alpha value is -3.60. The summed E-state index contributed by atoms with van der Waals surface area (Å²) in [6.07, 6.45) is 2.56. The van der Waals surface area contributed by atoms with Crippen molar-refractivity contribution in [3.8, 4) is 11.5 Å². The SMILES string of the molecule is CCCOc1ccc(C=NNC(=O)c2ccc(OCc3ccccc3)cc2)cc1. The maximum Gasteiger partial charge on any atom is 0.271 e. The molecule has 0 aromatic heterocycles. The number of ether oxygens (including phenoxy) is 2. The minimum atomic E-state index is -0.279. The van der Waals surface area contributed by atoms with Crippen LogP contribution in [0.1, 0.15) is 34.8 Å². The highest BCUT2D eigenvalue weighted by Crippen LogP contribution is 2.14. The number of carbonyl (C=O) groups excluding carboxylic acids is 1. The zero-order valence-electron chi connectivity index (χ0n) is 16.4. The third kappa shape index (κ3) is 6.50. The molecular weight excluding hydrogens is 364 g/mol. The van der Waals surface area contributed by atoms with Gasteiger partial charge in [0.15, 0.2) is 0 Å². The molecule has 0 radical (unpaired) electrons. The fraction of sp³-hybridized carbons (Fsp3) is 0.167. The van der Waals surface area contributed by atoms with E-state index in [1.807, 2.05) is 54.6 Å². The lowest BCUT2D eigenvalue weighted by Crippen LogP contribution is -2.17. The van der Waals surface area contributed by atoms with Crippen molar-refractivity contribution in [2.24, 2.45) is 5.10 Å². The Morgan fingerprint density at radius 2 is 1.55 bits per heavy atom. The minimum Gasteiger partial charge on any atom is -0.494 e. The standard InChI is InChI=1S/C24H24N2O3/c1-2-16-28-22-12-8-19(9-13-22)17-25-26-24(27)21-10-14-23(15-11-21)29-18-20-6-4-3-5-7-20/h3-15,17H,2,16,18H2,1H3,(H,26,27). The number of rotatable bonds is 9. The average molecular weight is 388 g/mol. The van der Waals surface area contributed by atoms with E-state index < -0.39 is 0 Å². The van der Waals surface area contributed by atoms with E-state index >= 15 is 0 Å². The van der Waals surface area contributed by atoms with E-state index in [-0.39, 0.29) is 5.91 Å². The Bertz CT molecular complexity index is 921. The van der Waals surface area contributed by atoms with Gasteiger partial charge in [0.1, 0.15) is 18.1 Å². The molecule has 5 heteroatoms. The van der Waals surface area contributed by atoms with E-state index in [1.165, 1.54) is 0 Å². The van der Waals surface area contributed by atoms with E-state index in [1.54, 1.807) is 30.5 Å². The largest absolute Gasteiger partial charge is 0.494 e. The van der Waals surface area contributed by atoms with Crippen molar-refractivity contribution < 1.29 is 14.3 Å². The van der Waals surface area contributed by atoms with Gasteiger partial charge in [-0.3, -0.25) is 4.79 Å². The lowest BCUT2D eigenvalue weighted by molar-refractivity contribution is 0.0955. The molecule has 29 heavy (non-hydrogen) atoms. The monoisotopic (exact) mass is 388 g/mol. The number of hydrogen-bond acceptors (Lipinski definition) is 4. The summed E-state index contributed by atoms with van der Waals surface area (Å²) in [7, 11) is 0. The maximum atomic E-state index is 12.2. The molecule has 0 spiro atoms. The Labute approximate surface area is 171 Å². The van der Waals surface area contributed by atoms with Gasteiger partial charge in [0.2, 0.25) is 0 Å². The van der Waals surface area contributed by atoms with Gasteiger partial charge in [0.25, 0.3) is 5.91 Å². The second-order valence-corrected chi connectivity index (χ2v) is 6.42. The summed E-state index contributed by atoms with van der Waals surface area (Å²) >= 11 is 0. The molecule has 0 saturated carbocycles. The van der Waals surface area contributed by atoms with Gasteiger partial charge in [-0.25, -0.2) is 5.43 Å². The van der Waals surface area contributed by atoms with Crippen LogP contribution in [0.4, 0.5) is 0 Å². The first-order valence-corrected chi connectivity index (χ1v) is 9.57. The van der Waals surface area contributed by atoms with E-state index in [0.29, 0.717) is 24.5 Å². The average Bonchev–Trinajstić information content (AvgIpc) is 2.78. The van der Waals surface area contributed by atoms with Crippen molar-refractivity contribution in [3.05, 3.63) is 95.6 Å². The molecule has 0 bridgehead atoms. The number of nitrogens with zero attached hydrogens (tertiary/aromatic N) is 1. The second kappa shape index (κ2) is 10.7. The Kier molecular flexibility index (Phi) is 7.41. The van der Waals surface area contributed by atoms with Crippen molar-refractivity contribution in [2.75, 3.05) is 6.61 Å². The van der Waals surface area contributed by atoms with Crippen LogP contribution in [0.25, 0.3) is 0 Å².